The maximum absolute atomic E-state index is 5.32. The Bertz CT molecular complexity index is 989. The van der Waals surface area contributed by atoms with Gasteiger partial charge in [0.05, 0.1) is 0 Å². The van der Waals surface area contributed by atoms with E-state index >= 15 is 0 Å². The minimum absolute atomic E-state index is 0.327. The molecule has 0 unspecified atom stereocenters. The second kappa shape index (κ2) is 9.42. The van der Waals surface area contributed by atoms with Crippen molar-refractivity contribution in [3.8, 4) is 0 Å². The third-order valence-electron chi connectivity index (χ3n) is 16.9. The Morgan fingerprint density at radius 2 is 0.900 bits per heavy atom. The lowest BCUT2D eigenvalue weighted by molar-refractivity contribution is -0.0938. The van der Waals surface area contributed by atoms with Gasteiger partial charge in [0.2, 0.25) is 0 Å². The van der Waals surface area contributed by atoms with Crippen molar-refractivity contribution in [1.29, 1.82) is 0 Å². The second-order valence-electron chi connectivity index (χ2n) is 17.9. The minimum atomic E-state index is 0.327. The van der Waals surface area contributed by atoms with Crippen LogP contribution in [0.5, 0.6) is 0 Å². The van der Waals surface area contributed by atoms with Gasteiger partial charge in [-0.15, -0.1) is 0 Å². The van der Waals surface area contributed by atoms with E-state index in [-0.39, 0.29) is 0 Å². The van der Waals surface area contributed by atoms with Crippen LogP contribution in [-0.4, -0.2) is 11.4 Å². The van der Waals surface area contributed by atoms with Gasteiger partial charge in [0.15, 0.2) is 0 Å². The highest BCUT2D eigenvalue weighted by Crippen LogP contribution is 2.67. The predicted octanol–water partition coefficient (Wildman–Crippen LogP) is 10.6. The smallest absolute Gasteiger partial charge is 0.0467 e. The summed E-state index contributed by atoms with van der Waals surface area (Å²) >= 11 is 0. The molecule has 0 amide bonds. The maximum atomic E-state index is 5.32. The van der Waals surface area contributed by atoms with Gasteiger partial charge in [-0.2, -0.15) is 10.2 Å². The van der Waals surface area contributed by atoms with Gasteiger partial charge in [0, 0.05) is 22.3 Å². The average Bonchev–Trinajstić information content (AvgIpc) is 3.47. The molecular weight excluding hydrogens is 484 g/mol. The van der Waals surface area contributed by atoms with Crippen molar-refractivity contribution in [2.75, 3.05) is 0 Å². The third kappa shape index (κ3) is 3.64. The summed E-state index contributed by atoms with van der Waals surface area (Å²) in [6.45, 7) is 10.7. The highest BCUT2D eigenvalue weighted by atomic mass is 15.2. The minimum Gasteiger partial charge on any atom is -0.160 e. The molecule has 2 nitrogen and oxygen atoms in total. The summed E-state index contributed by atoms with van der Waals surface area (Å²) in [5.41, 5.74) is 4.96. The van der Waals surface area contributed by atoms with Gasteiger partial charge in [-0.25, -0.2) is 0 Å². The van der Waals surface area contributed by atoms with Crippen LogP contribution in [0.2, 0.25) is 0 Å². The first-order valence-electron chi connectivity index (χ1n) is 18.4. The van der Waals surface area contributed by atoms with Crippen molar-refractivity contribution in [1.82, 2.24) is 0 Å². The van der Waals surface area contributed by atoms with Crippen molar-refractivity contribution < 1.29 is 0 Å². The van der Waals surface area contributed by atoms with E-state index in [9.17, 15) is 0 Å². The van der Waals surface area contributed by atoms with Gasteiger partial charge in [-0.3, -0.25) is 0 Å². The lowest BCUT2D eigenvalue weighted by Crippen LogP contribution is -2.53. The van der Waals surface area contributed by atoms with Crippen LogP contribution in [0, 0.1) is 69.0 Å². The molecule has 40 heavy (non-hydrogen) atoms. The molecule has 12 atom stereocenters. The molecule has 0 heterocycles. The van der Waals surface area contributed by atoms with E-state index in [1.807, 2.05) is 0 Å². The van der Waals surface area contributed by atoms with Crippen molar-refractivity contribution in [2.24, 2.45) is 79.2 Å². The van der Waals surface area contributed by atoms with Crippen molar-refractivity contribution in [2.45, 2.75) is 156 Å². The predicted molar refractivity (Wildman–Crippen MR) is 168 cm³/mol. The van der Waals surface area contributed by atoms with Crippen molar-refractivity contribution in [3.63, 3.8) is 0 Å². The molecule has 0 spiro atoms. The Labute approximate surface area is 246 Å². The zero-order chi connectivity index (χ0) is 27.3. The highest BCUT2D eigenvalue weighted by Gasteiger charge is 2.61. The fourth-order valence-corrected chi connectivity index (χ4v) is 14.6. The Morgan fingerprint density at radius 1 is 0.450 bits per heavy atom. The monoisotopic (exact) mass is 544 g/mol. The summed E-state index contributed by atoms with van der Waals surface area (Å²) < 4.78 is 0. The van der Waals surface area contributed by atoms with Crippen LogP contribution >= 0.6 is 0 Å². The molecule has 0 radical (unpaired) electrons. The third-order valence-corrected chi connectivity index (χ3v) is 16.9. The molecule has 8 aliphatic carbocycles. The molecule has 0 saturated heterocycles. The largest absolute Gasteiger partial charge is 0.160 e. The summed E-state index contributed by atoms with van der Waals surface area (Å²) in [5.74, 6) is 7.68. The first kappa shape index (κ1) is 26.9. The van der Waals surface area contributed by atoms with Gasteiger partial charge in [0.25, 0.3) is 0 Å². The summed E-state index contributed by atoms with van der Waals surface area (Å²) in [6.07, 6.45) is 29.0. The molecule has 0 aliphatic heterocycles. The quantitative estimate of drug-likeness (QED) is 0.293. The fraction of sp³-hybridized carbons (Fsp3) is 0.947. The van der Waals surface area contributed by atoms with Gasteiger partial charge < -0.3 is 0 Å². The van der Waals surface area contributed by atoms with Gasteiger partial charge in [-0.1, -0.05) is 53.4 Å². The summed E-state index contributed by atoms with van der Waals surface area (Å²) in [6, 6.07) is 0. The molecule has 0 aromatic heterocycles. The first-order chi connectivity index (χ1) is 19.3. The molecule has 0 aromatic carbocycles. The lowest BCUT2D eigenvalue weighted by Gasteiger charge is -2.60. The van der Waals surface area contributed by atoms with E-state index in [1.54, 1.807) is 0 Å². The number of hydrogen-bond acceptors (Lipinski definition) is 2. The van der Waals surface area contributed by atoms with Crippen LogP contribution in [0.1, 0.15) is 156 Å². The van der Waals surface area contributed by atoms with Crippen LogP contribution in [0.25, 0.3) is 0 Å². The fourth-order valence-electron chi connectivity index (χ4n) is 14.6. The van der Waals surface area contributed by atoms with Crippen LogP contribution in [0.3, 0.4) is 0 Å². The highest BCUT2D eigenvalue weighted by molar-refractivity contribution is 5.95. The molecule has 222 valence electrons. The Morgan fingerprint density at radius 3 is 1.35 bits per heavy atom. The first-order valence-corrected chi connectivity index (χ1v) is 18.4. The molecule has 8 fully saturated rings. The van der Waals surface area contributed by atoms with E-state index < -0.39 is 0 Å². The number of rotatable bonds is 1. The lowest BCUT2D eigenvalue weighted by atomic mass is 9.45. The summed E-state index contributed by atoms with van der Waals surface area (Å²) in [7, 11) is 0. The van der Waals surface area contributed by atoms with E-state index in [0.717, 1.165) is 47.3 Å². The van der Waals surface area contributed by atoms with Gasteiger partial charge in [-0.05, 0) is 161 Å². The zero-order valence-electron chi connectivity index (χ0n) is 26.7. The standard InChI is InChI=1S/C38H60N2/c1-35-21-7-5-9-25(35)11-13-27-29-15-17-33(37(29,3)23-19-31(27)35)39-40-34-18-16-30-28-14-12-26-10-6-8-22-36(26,2)32(28)20-24-38(30,34)4/h25-32H,5-24H2,1-4H3/b39-33-,40-34-/t25-,26+,27-,28+,29-,30+,31-,32-,35-,36-,37-,38-/m0/s1. The van der Waals surface area contributed by atoms with Crippen LogP contribution in [0.4, 0.5) is 0 Å². The van der Waals surface area contributed by atoms with E-state index in [2.05, 4.69) is 27.7 Å². The van der Waals surface area contributed by atoms with Crippen molar-refractivity contribution >= 4 is 11.4 Å². The Hall–Kier alpha value is -0.660. The summed E-state index contributed by atoms with van der Waals surface area (Å²) in [5, 5.41) is 10.6. The molecule has 8 saturated carbocycles. The van der Waals surface area contributed by atoms with Crippen LogP contribution < -0.4 is 0 Å². The maximum Gasteiger partial charge on any atom is 0.0467 e. The molecule has 0 N–H and O–H groups in total. The van der Waals surface area contributed by atoms with Gasteiger partial charge >= 0.3 is 0 Å². The van der Waals surface area contributed by atoms with Crippen LogP contribution in [-0.2, 0) is 0 Å². The Kier molecular flexibility index (Phi) is 6.34. The molecule has 2 heteroatoms. The topological polar surface area (TPSA) is 24.7 Å². The normalized spacial score (nSPS) is 57.5. The number of fused-ring (bicyclic) bond motifs is 10. The van der Waals surface area contributed by atoms with E-state index in [4.69, 9.17) is 10.2 Å². The zero-order valence-corrected chi connectivity index (χ0v) is 26.7. The summed E-state index contributed by atoms with van der Waals surface area (Å²) in [4.78, 5) is 0. The van der Waals surface area contributed by atoms with Crippen LogP contribution in [0.15, 0.2) is 10.2 Å². The van der Waals surface area contributed by atoms with E-state index in [1.165, 1.54) is 140 Å². The molecule has 0 bridgehead atoms. The second-order valence-corrected chi connectivity index (χ2v) is 17.9. The molecule has 8 aliphatic rings. The molecule has 0 aromatic rings. The number of nitrogens with zero attached hydrogens (tertiary/aromatic N) is 2. The average molecular weight is 545 g/mol. The number of hydrogen-bond donors (Lipinski definition) is 0. The Balaban J connectivity index is 1.02. The molecular formula is C38H60N2. The van der Waals surface area contributed by atoms with E-state index in [0.29, 0.717) is 21.7 Å². The molecule has 8 rings (SSSR count). The van der Waals surface area contributed by atoms with Gasteiger partial charge in [0.1, 0.15) is 0 Å². The van der Waals surface area contributed by atoms with Crippen molar-refractivity contribution in [3.05, 3.63) is 0 Å². The SMILES string of the molecule is C[C@]12CCCC[C@@H]1CC[C@@H]1[C@H]3CC/C(=N/N=C4/CC[C@H]5[C@@H]6CC[C@@H]7CCCC[C@]7(C)[C@H]6CC[C@]45C)[C@@]3(C)CC[C@@H]12.